The summed E-state index contributed by atoms with van der Waals surface area (Å²) in [6.45, 7) is 6.50. The maximum atomic E-state index is 10.8. The van der Waals surface area contributed by atoms with E-state index >= 15 is 0 Å². The second kappa shape index (κ2) is 13.3. The van der Waals surface area contributed by atoms with Gasteiger partial charge in [-0.2, -0.15) is 0 Å². The molecule has 2 aromatic rings. The Balaban J connectivity index is 0.00000385. The number of ether oxygens (including phenoxy) is 3. The van der Waals surface area contributed by atoms with Crippen molar-refractivity contribution in [3.05, 3.63) is 48.0 Å². The van der Waals surface area contributed by atoms with Crippen molar-refractivity contribution in [3.8, 4) is 17.2 Å². The van der Waals surface area contributed by atoms with Gasteiger partial charge in [-0.15, -0.1) is 24.0 Å². The number of aliphatic hydroxyl groups excluding tert-OH is 1. The predicted molar refractivity (Wildman–Crippen MR) is 143 cm³/mol. The van der Waals surface area contributed by atoms with Crippen LogP contribution in [0.2, 0.25) is 0 Å². The van der Waals surface area contributed by atoms with Crippen LogP contribution in [0.3, 0.4) is 0 Å². The fraction of sp³-hybridized carbons (Fsp3) is 0.458. The Hall–Kier alpha value is -2.40. The van der Waals surface area contributed by atoms with Gasteiger partial charge in [0.2, 0.25) is 0 Å². The van der Waals surface area contributed by atoms with E-state index in [1.165, 1.54) is 5.69 Å². The van der Waals surface area contributed by atoms with Crippen molar-refractivity contribution < 1.29 is 19.3 Å². The van der Waals surface area contributed by atoms with Crippen LogP contribution in [0.1, 0.15) is 18.6 Å². The highest BCUT2D eigenvalue weighted by molar-refractivity contribution is 14.0. The largest absolute Gasteiger partial charge is 0.497 e. The summed E-state index contributed by atoms with van der Waals surface area (Å²) < 4.78 is 15.9. The van der Waals surface area contributed by atoms with Gasteiger partial charge in [0.05, 0.1) is 27.9 Å². The topological polar surface area (TPSA) is 78.8 Å². The second-order valence-corrected chi connectivity index (χ2v) is 7.49. The van der Waals surface area contributed by atoms with Crippen LogP contribution in [0.4, 0.5) is 5.69 Å². The van der Waals surface area contributed by atoms with Gasteiger partial charge in [-0.25, -0.2) is 0 Å². The maximum absolute atomic E-state index is 10.8. The van der Waals surface area contributed by atoms with Crippen LogP contribution in [0.25, 0.3) is 0 Å². The molecule has 1 heterocycles. The summed E-state index contributed by atoms with van der Waals surface area (Å²) >= 11 is 0. The lowest BCUT2D eigenvalue weighted by Gasteiger charge is -2.37. The third-order valence-corrected chi connectivity index (χ3v) is 5.56. The molecule has 0 bridgehead atoms. The minimum absolute atomic E-state index is 0. The van der Waals surface area contributed by atoms with Crippen LogP contribution in [0.15, 0.2) is 47.5 Å². The molecule has 1 saturated heterocycles. The molecule has 0 saturated carbocycles. The number of rotatable bonds is 8. The molecule has 2 aromatic carbocycles. The van der Waals surface area contributed by atoms with Gasteiger partial charge in [-0.05, 0) is 49.4 Å². The fourth-order valence-electron chi connectivity index (χ4n) is 3.77. The maximum Gasteiger partial charge on any atom is 0.194 e. The summed E-state index contributed by atoms with van der Waals surface area (Å²) in [4.78, 5) is 9.31. The number of aliphatic imine (C=N–C) groups is 1. The van der Waals surface area contributed by atoms with E-state index in [4.69, 9.17) is 19.2 Å². The average molecular weight is 570 g/mol. The fourth-order valence-corrected chi connectivity index (χ4v) is 3.77. The molecule has 0 amide bonds. The number of halogens is 1. The third kappa shape index (κ3) is 7.04. The van der Waals surface area contributed by atoms with Gasteiger partial charge in [0.15, 0.2) is 5.96 Å². The number of nitrogens with zero attached hydrogens (tertiary/aromatic N) is 3. The van der Waals surface area contributed by atoms with Crippen LogP contribution in [0.5, 0.6) is 17.2 Å². The molecule has 1 atom stereocenters. The highest BCUT2D eigenvalue weighted by Crippen LogP contribution is 2.29. The normalized spacial score (nSPS) is 14.9. The molecule has 0 radical (unpaired) electrons. The van der Waals surface area contributed by atoms with Gasteiger partial charge < -0.3 is 34.4 Å². The Morgan fingerprint density at radius 3 is 2.18 bits per heavy atom. The lowest BCUT2D eigenvalue weighted by atomic mass is 10.1. The van der Waals surface area contributed by atoms with Crippen molar-refractivity contribution in [2.45, 2.75) is 13.0 Å². The molecular formula is C24H35IN4O4. The van der Waals surface area contributed by atoms with Gasteiger partial charge in [0, 0.05) is 44.0 Å². The van der Waals surface area contributed by atoms with E-state index in [1.807, 2.05) is 25.1 Å². The molecule has 0 spiro atoms. The lowest BCUT2D eigenvalue weighted by molar-refractivity contribution is 0.181. The van der Waals surface area contributed by atoms with Crippen LogP contribution < -0.4 is 24.4 Å². The van der Waals surface area contributed by atoms with Gasteiger partial charge >= 0.3 is 0 Å². The van der Waals surface area contributed by atoms with E-state index in [0.717, 1.165) is 44.4 Å². The molecule has 33 heavy (non-hydrogen) atoms. The molecule has 0 aromatic heterocycles. The van der Waals surface area contributed by atoms with Gasteiger partial charge in [-0.1, -0.05) is 0 Å². The lowest BCUT2D eigenvalue weighted by Crippen LogP contribution is -2.52. The second-order valence-electron chi connectivity index (χ2n) is 7.49. The van der Waals surface area contributed by atoms with E-state index in [-0.39, 0.29) is 30.5 Å². The smallest absolute Gasteiger partial charge is 0.194 e. The molecule has 1 aliphatic heterocycles. The Bertz CT molecular complexity index is 887. The predicted octanol–water partition coefficient (Wildman–Crippen LogP) is 3.15. The first kappa shape index (κ1) is 26.8. The van der Waals surface area contributed by atoms with Crippen molar-refractivity contribution >= 4 is 35.6 Å². The third-order valence-electron chi connectivity index (χ3n) is 5.56. The Morgan fingerprint density at radius 2 is 1.61 bits per heavy atom. The molecule has 0 aliphatic carbocycles. The SMILES string of the molecule is CCNC(=NCC(O)c1cc(OC)ccc1OC)N1CCN(c2ccc(OC)cc2)CC1.I. The first-order valence-corrected chi connectivity index (χ1v) is 10.9. The summed E-state index contributed by atoms with van der Waals surface area (Å²) in [5.74, 6) is 2.96. The van der Waals surface area contributed by atoms with Crippen molar-refractivity contribution in [3.63, 3.8) is 0 Å². The number of piperazine rings is 1. The number of guanidine groups is 1. The number of anilines is 1. The zero-order chi connectivity index (χ0) is 22.9. The molecule has 1 unspecified atom stereocenters. The van der Waals surface area contributed by atoms with E-state index in [0.29, 0.717) is 17.1 Å². The summed E-state index contributed by atoms with van der Waals surface area (Å²) in [5, 5.41) is 14.1. The number of hydrogen-bond donors (Lipinski definition) is 2. The first-order chi connectivity index (χ1) is 15.6. The van der Waals surface area contributed by atoms with E-state index < -0.39 is 6.10 Å². The van der Waals surface area contributed by atoms with Gasteiger partial charge in [-0.3, -0.25) is 4.99 Å². The quantitative estimate of drug-likeness (QED) is 0.287. The average Bonchev–Trinajstić information content (AvgIpc) is 2.86. The summed E-state index contributed by atoms with van der Waals surface area (Å²) in [7, 11) is 4.87. The summed E-state index contributed by atoms with van der Waals surface area (Å²) in [5.41, 5.74) is 1.85. The van der Waals surface area contributed by atoms with E-state index in [1.54, 1.807) is 33.5 Å². The standard InChI is InChI=1S/C24H34N4O4.HI/c1-5-25-24(26-17-22(29)21-16-20(31-3)10-11-23(21)32-4)28-14-12-27(13-15-28)18-6-8-19(30-2)9-7-18;/h6-11,16,22,29H,5,12-15,17H2,1-4H3,(H,25,26);1H. The zero-order valence-electron chi connectivity index (χ0n) is 19.8. The van der Waals surface area contributed by atoms with Crippen LogP contribution in [-0.4, -0.2) is 76.6 Å². The molecule has 2 N–H and O–H groups in total. The summed E-state index contributed by atoms with van der Waals surface area (Å²) in [6, 6.07) is 13.6. The monoisotopic (exact) mass is 570 g/mol. The number of methoxy groups -OCH3 is 3. The van der Waals surface area contributed by atoms with Crippen molar-refractivity contribution in [1.29, 1.82) is 0 Å². The van der Waals surface area contributed by atoms with Crippen molar-refractivity contribution in [2.24, 2.45) is 4.99 Å². The number of hydrogen-bond acceptors (Lipinski definition) is 6. The van der Waals surface area contributed by atoms with E-state index in [2.05, 4.69) is 27.2 Å². The van der Waals surface area contributed by atoms with Crippen molar-refractivity contribution in [2.75, 3.05) is 65.5 Å². The molecule has 3 rings (SSSR count). The van der Waals surface area contributed by atoms with Gasteiger partial charge in [0.1, 0.15) is 23.4 Å². The Labute approximate surface area is 213 Å². The van der Waals surface area contributed by atoms with Crippen LogP contribution in [-0.2, 0) is 0 Å². The molecule has 8 nitrogen and oxygen atoms in total. The molecular weight excluding hydrogens is 535 g/mol. The molecule has 182 valence electrons. The van der Waals surface area contributed by atoms with Crippen molar-refractivity contribution in [1.82, 2.24) is 10.2 Å². The van der Waals surface area contributed by atoms with Crippen LogP contribution in [0, 0.1) is 0 Å². The number of benzene rings is 2. The Kier molecular flexibility index (Phi) is 10.9. The zero-order valence-corrected chi connectivity index (χ0v) is 22.1. The van der Waals surface area contributed by atoms with Gasteiger partial charge in [0.25, 0.3) is 0 Å². The Morgan fingerprint density at radius 1 is 0.970 bits per heavy atom. The highest BCUT2D eigenvalue weighted by Gasteiger charge is 2.21. The number of aliphatic hydroxyl groups is 1. The summed E-state index contributed by atoms with van der Waals surface area (Å²) in [6.07, 6.45) is -0.797. The minimum Gasteiger partial charge on any atom is -0.497 e. The molecule has 1 fully saturated rings. The highest BCUT2D eigenvalue weighted by atomic mass is 127. The molecule has 9 heteroatoms. The number of nitrogens with one attached hydrogen (secondary N) is 1. The van der Waals surface area contributed by atoms with Crippen LogP contribution >= 0.6 is 24.0 Å². The first-order valence-electron chi connectivity index (χ1n) is 10.9. The molecule has 1 aliphatic rings. The van der Waals surface area contributed by atoms with E-state index in [9.17, 15) is 5.11 Å². The minimum atomic E-state index is -0.797.